The van der Waals surface area contributed by atoms with Crippen LogP contribution in [-0.2, 0) is 22.7 Å². The Hall–Kier alpha value is -3.76. The van der Waals surface area contributed by atoms with Crippen LogP contribution in [0.1, 0.15) is 36.5 Å². The number of aromatic nitrogens is 2. The van der Waals surface area contributed by atoms with Crippen molar-refractivity contribution in [3.05, 3.63) is 40.5 Å². The Morgan fingerprint density at radius 2 is 2.05 bits per heavy atom. The van der Waals surface area contributed by atoms with Crippen LogP contribution < -0.4 is 15.8 Å². The molecule has 2 aliphatic heterocycles. The highest BCUT2D eigenvalue weighted by Crippen LogP contribution is 2.47. The van der Waals surface area contributed by atoms with Crippen LogP contribution in [0.5, 0.6) is 6.01 Å². The maximum atomic E-state index is 16.8. The van der Waals surface area contributed by atoms with E-state index in [0.29, 0.717) is 47.0 Å². The standard InChI is InChI=1S/C29H28F2N6O3S/c1-14-3-4-15(11-34-10-14)35-28-23-19-13-39-12-18(19)21(24(31)25(23)36-29(37-28)40-8-7-38-2)16-5-6-20(30)26-22(16)17(9-32)27(33)41-26/h5-6,14,34H,3-4,7-8,10-13,33H2,1-2H3. The van der Waals surface area contributed by atoms with E-state index < -0.39 is 11.6 Å². The molecule has 6 rings (SSSR count). The van der Waals surface area contributed by atoms with Gasteiger partial charge in [0.2, 0.25) is 0 Å². The SMILES string of the molecule is COCCOc1nc(N=C2CCC(C)CNC2)c2c3c(c(-c4ccc(F)c5sc(N)c(C#N)c45)c(F)c2n1)COC3. The fourth-order valence-electron chi connectivity index (χ4n) is 5.45. The lowest BCUT2D eigenvalue weighted by Gasteiger charge is -2.16. The molecule has 3 N–H and O–H groups in total. The molecule has 0 amide bonds. The molecule has 1 fully saturated rings. The first-order valence-corrected chi connectivity index (χ1v) is 14.1. The molecule has 4 aromatic rings. The van der Waals surface area contributed by atoms with Crippen molar-refractivity contribution in [2.45, 2.75) is 33.0 Å². The van der Waals surface area contributed by atoms with E-state index in [0.717, 1.165) is 36.4 Å². The Morgan fingerprint density at radius 1 is 1.22 bits per heavy atom. The number of nitriles is 1. The minimum atomic E-state index is -0.654. The largest absolute Gasteiger partial charge is 0.461 e. The summed E-state index contributed by atoms with van der Waals surface area (Å²) in [6, 6.07) is 4.77. The van der Waals surface area contributed by atoms with E-state index in [1.54, 1.807) is 7.11 Å². The molecule has 0 saturated carbocycles. The number of nitrogens with two attached hydrogens (primary N) is 1. The summed E-state index contributed by atoms with van der Waals surface area (Å²) >= 11 is 0.964. The van der Waals surface area contributed by atoms with Crippen LogP contribution in [0.4, 0.5) is 19.6 Å². The Kier molecular flexibility index (Phi) is 7.52. The number of benzene rings is 2. The molecule has 1 unspecified atom stereocenters. The summed E-state index contributed by atoms with van der Waals surface area (Å²) in [6.07, 6.45) is 1.75. The minimum absolute atomic E-state index is 0.0140. The number of halogens is 2. The van der Waals surface area contributed by atoms with Gasteiger partial charge in [0.05, 0.1) is 35.5 Å². The molecule has 1 atom stereocenters. The minimum Gasteiger partial charge on any atom is -0.461 e. The number of hydrogen-bond acceptors (Lipinski definition) is 10. The zero-order valence-corrected chi connectivity index (χ0v) is 23.5. The molecular weight excluding hydrogens is 550 g/mol. The van der Waals surface area contributed by atoms with E-state index in [1.165, 1.54) is 12.1 Å². The van der Waals surface area contributed by atoms with Crippen LogP contribution in [-0.4, -0.2) is 49.1 Å². The summed E-state index contributed by atoms with van der Waals surface area (Å²) in [4.78, 5) is 14.0. The fourth-order valence-corrected chi connectivity index (χ4v) is 6.40. The molecular formula is C29H28F2N6O3S. The number of methoxy groups -OCH3 is 1. The average Bonchev–Trinajstić information content (AvgIpc) is 3.51. The molecule has 212 valence electrons. The molecule has 4 heterocycles. The van der Waals surface area contributed by atoms with E-state index in [1.807, 2.05) is 0 Å². The summed E-state index contributed by atoms with van der Waals surface area (Å²) in [5.41, 5.74) is 8.93. The predicted molar refractivity (Wildman–Crippen MR) is 154 cm³/mol. The van der Waals surface area contributed by atoms with Crippen molar-refractivity contribution in [2.75, 3.05) is 39.1 Å². The Labute approximate surface area is 239 Å². The van der Waals surface area contributed by atoms with Gasteiger partial charge in [0, 0.05) is 30.3 Å². The molecule has 12 heteroatoms. The van der Waals surface area contributed by atoms with Gasteiger partial charge in [0.15, 0.2) is 11.6 Å². The van der Waals surface area contributed by atoms with Gasteiger partial charge in [-0.3, -0.25) is 0 Å². The third-order valence-electron chi connectivity index (χ3n) is 7.49. The lowest BCUT2D eigenvalue weighted by molar-refractivity contribution is 0.135. The molecule has 0 spiro atoms. The summed E-state index contributed by atoms with van der Waals surface area (Å²) in [6.45, 7) is 4.45. The van der Waals surface area contributed by atoms with Crippen LogP contribution in [0, 0.1) is 28.9 Å². The summed E-state index contributed by atoms with van der Waals surface area (Å²) < 4.78 is 48.5. The quantitative estimate of drug-likeness (QED) is 0.292. The number of thiophene rings is 1. The highest BCUT2D eigenvalue weighted by molar-refractivity contribution is 7.23. The third kappa shape index (κ3) is 4.89. The second-order valence-corrected chi connectivity index (χ2v) is 11.3. The van der Waals surface area contributed by atoms with Crippen molar-refractivity contribution in [2.24, 2.45) is 10.9 Å². The molecule has 0 radical (unpaired) electrons. The predicted octanol–water partition coefficient (Wildman–Crippen LogP) is 5.39. The van der Waals surface area contributed by atoms with Crippen LogP contribution in [0.3, 0.4) is 0 Å². The molecule has 0 aliphatic carbocycles. The molecule has 0 bridgehead atoms. The second-order valence-electron chi connectivity index (χ2n) is 10.2. The summed E-state index contributed by atoms with van der Waals surface area (Å²) in [5, 5.41) is 14.1. The average molecular weight is 579 g/mol. The van der Waals surface area contributed by atoms with Crippen LogP contribution in [0.25, 0.3) is 32.1 Å². The summed E-state index contributed by atoms with van der Waals surface area (Å²) in [5.74, 6) is -0.370. The second kappa shape index (κ2) is 11.3. The number of nitrogens with one attached hydrogen (secondary N) is 1. The molecule has 2 aliphatic rings. The van der Waals surface area contributed by atoms with E-state index in [-0.39, 0.29) is 57.6 Å². The topological polar surface area (TPSA) is 128 Å². The number of nitrogen functional groups attached to an aromatic ring is 1. The highest BCUT2D eigenvalue weighted by atomic mass is 32.1. The first kappa shape index (κ1) is 27.4. The molecule has 41 heavy (non-hydrogen) atoms. The van der Waals surface area contributed by atoms with Crippen molar-refractivity contribution < 1.29 is 23.0 Å². The van der Waals surface area contributed by atoms with E-state index >= 15 is 4.39 Å². The van der Waals surface area contributed by atoms with Crippen LogP contribution in [0.2, 0.25) is 0 Å². The van der Waals surface area contributed by atoms with Gasteiger partial charge < -0.3 is 25.3 Å². The van der Waals surface area contributed by atoms with Crippen molar-refractivity contribution in [3.8, 4) is 23.2 Å². The zero-order valence-electron chi connectivity index (χ0n) is 22.6. The molecule has 1 saturated heterocycles. The van der Waals surface area contributed by atoms with E-state index in [9.17, 15) is 9.65 Å². The normalized spacial score (nSPS) is 18.1. The van der Waals surface area contributed by atoms with E-state index in [4.69, 9.17) is 24.9 Å². The fraction of sp³-hybridized carbons (Fsp3) is 0.379. The maximum absolute atomic E-state index is 16.8. The van der Waals surface area contributed by atoms with Gasteiger partial charge >= 0.3 is 6.01 Å². The number of rotatable bonds is 6. The van der Waals surface area contributed by atoms with Gasteiger partial charge in [-0.2, -0.15) is 15.2 Å². The first-order chi connectivity index (χ1) is 19.9. The lowest BCUT2D eigenvalue weighted by Crippen LogP contribution is -2.22. The Balaban J connectivity index is 1.64. The van der Waals surface area contributed by atoms with Gasteiger partial charge in [-0.05, 0) is 48.1 Å². The van der Waals surface area contributed by atoms with E-state index in [2.05, 4.69) is 28.3 Å². The Bertz CT molecular complexity index is 1750. The lowest BCUT2D eigenvalue weighted by atomic mass is 9.90. The van der Waals surface area contributed by atoms with Gasteiger partial charge in [0.1, 0.15) is 29.0 Å². The number of fused-ring (bicyclic) bond motifs is 4. The molecule has 2 aromatic heterocycles. The number of nitrogens with zero attached hydrogens (tertiary/aromatic N) is 4. The molecule has 2 aromatic carbocycles. The first-order valence-electron chi connectivity index (χ1n) is 13.3. The summed E-state index contributed by atoms with van der Waals surface area (Å²) in [7, 11) is 1.55. The maximum Gasteiger partial charge on any atom is 0.319 e. The van der Waals surface area contributed by atoms with Crippen molar-refractivity contribution in [3.63, 3.8) is 0 Å². The number of anilines is 1. The van der Waals surface area contributed by atoms with Crippen LogP contribution in [0.15, 0.2) is 17.1 Å². The van der Waals surface area contributed by atoms with Gasteiger partial charge in [-0.15, -0.1) is 11.3 Å². The monoisotopic (exact) mass is 578 g/mol. The van der Waals surface area contributed by atoms with Crippen molar-refractivity contribution in [1.82, 2.24) is 15.3 Å². The van der Waals surface area contributed by atoms with Gasteiger partial charge in [-0.25, -0.2) is 13.8 Å². The highest BCUT2D eigenvalue weighted by Gasteiger charge is 2.31. The molecule has 9 nitrogen and oxygen atoms in total. The van der Waals surface area contributed by atoms with Crippen LogP contribution >= 0.6 is 11.3 Å². The number of hydrogen-bond donors (Lipinski definition) is 2. The van der Waals surface area contributed by atoms with Crippen molar-refractivity contribution >= 4 is 48.9 Å². The zero-order chi connectivity index (χ0) is 28.7. The number of ether oxygens (including phenoxy) is 3. The number of aliphatic imine (C=N–C) groups is 1. The van der Waals surface area contributed by atoms with Crippen molar-refractivity contribution in [1.29, 1.82) is 5.26 Å². The Morgan fingerprint density at radius 3 is 2.85 bits per heavy atom. The van der Waals surface area contributed by atoms with Gasteiger partial charge in [-0.1, -0.05) is 13.0 Å². The smallest absolute Gasteiger partial charge is 0.319 e. The third-order valence-corrected chi connectivity index (χ3v) is 8.51. The van der Waals surface area contributed by atoms with Gasteiger partial charge in [0.25, 0.3) is 0 Å².